The van der Waals surface area contributed by atoms with E-state index in [9.17, 15) is 18.0 Å². The zero-order valence-electron chi connectivity index (χ0n) is 20.7. The number of hydrogen-bond donors (Lipinski definition) is 2. The molecule has 0 aliphatic rings. The van der Waals surface area contributed by atoms with Crippen LogP contribution in [0.1, 0.15) is 21.7 Å². The highest BCUT2D eigenvalue weighted by Crippen LogP contribution is 2.33. The zero-order chi connectivity index (χ0) is 27.1. The van der Waals surface area contributed by atoms with Gasteiger partial charge in [0.2, 0.25) is 0 Å². The third-order valence-electron chi connectivity index (χ3n) is 6.65. The largest absolute Gasteiger partial charge is 0.497 e. The fraction of sp³-hybridized carbons (Fsp3) is 0.138. The van der Waals surface area contributed by atoms with Gasteiger partial charge < -0.3 is 15.0 Å². The number of amides is 1. The second kappa shape index (κ2) is 9.46. The summed E-state index contributed by atoms with van der Waals surface area (Å²) in [7, 11) is 1.59. The third-order valence-corrected chi connectivity index (χ3v) is 6.65. The predicted molar refractivity (Wildman–Crippen MR) is 142 cm³/mol. The summed E-state index contributed by atoms with van der Waals surface area (Å²) in [6.45, 7) is 0.263. The first-order valence-corrected chi connectivity index (χ1v) is 12.2. The molecule has 3 heterocycles. The molecule has 0 spiro atoms. The van der Waals surface area contributed by atoms with Crippen molar-refractivity contribution in [2.45, 2.75) is 12.6 Å². The number of hydrogen-bond acceptors (Lipinski definition) is 4. The van der Waals surface area contributed by atoms with Crippen LogP contribution < -0.4 is 10.1 Å². The van der Waals surface area contributed by atoms with Crippen LogP contribution in [0.2, 0.25) is 0 Å². The normalized spacial score (nSPS) is 11.9. The third kappa shape index (κ3) is 4.65. The minimum absolute atomic E-state index is 0.0677. The molecule has 0 atom stereocenters. The lowest BCUT2D eigenvalue weighted by molar-refractivity contribution is -0.142. The number of rotatable bonds is 6. The number of H-pyrrole nitrogens is 1. The molecule has 3 aromatic carbocycles. The number of ether oxygens (including phenoxy) is 1. The molecule has 10 heteroatoms. The molecule has 2 N–H and O–H groups in total. The van der Waals surface area contributed by atoms with E-state index >= 15 is 0 Å². The summed E-state index contributed by atoms with van der Waals surface area (Å²) in [5.41, 5.74) is 1.35. The molecule has 0 fully saturated rings. The van der Waals surface area contributed by atoms with E-state index in [1.165, 1.54) is 6.07 Å². The topological polar surface area (TPSA) is 84.3 Å². The Balaban J connectivity index is 1.27. The van der Waals surface area contributed by atoms with Crippen LogP contribution in [0.15, 0.2) is 79.0 Å². The molecule has 6 rings (SSSR count). The first-order valence-electron chi connectivity index (χ1n) is 12.2. The fourth-order valence-corrected chi connectivity index (χ4v) is 4.68. The maximum absolute atomic E-state index is 14.0. The van der Waals surface area contributed by atoms with Crippen molar-refractivity contribution in [3.05, 3.63) is 95.9 Å². The van der Waals surface area contributed by atoms with E-state index in [4.69, 9.17) is 4.74 Å². The Kier molecular flexibility index (Phi) is 5.94. The van der Waals surface area contributed by atoms with Gasteiger partial charge >= 0.3 is 6.18 Å². The van der Waals surface area contributed by atoms with E-state index in [1.54, 1.807) is 19.2 Å². The van der Waals surface area contributed by atoms with E-state index < -0.39 is 17.8 Å². The smallest absolute Gasteiger partial charge is 0.433 e. The molecule has 39 heavy (non-hydrogen) atoms. The second-order valence-corrected chi connectivity index (χ2v) is 9.12. The minimum Gasteiger partial charge on any atom is -0.497 e. The van der Waals surface area contributed by atoms with Crippen molar-refractivity contribution in [1.82, 2.24) is 24.9 Å². The maximum Gasteiger partial charge on any atom is 0.433 e. The Morgan fingerprint density at radius 1 is 1.03 bits per heavy atom. The van der Waals surface area contributed by atoms with Crippen molar-refractivity contribution in [3.8, 4) is 17.0 Å². The van der Waals surface area contributed by atoms with Crippen molar-refractivity contribution in [3.63, 3.8) is 0 Å². The molecule has 7 nitrogen and oxygen atoms in total. The van der Waals surface area contributed by atoms with Crippen molar-refractivity contribution < 1.29 is 22.7 Å². The number of methoxy groups -OCH3 is 1. The van der Waals surface area contributed by atoms with E-state index in [0.717, 1.165) is 33.3 Å². The lowest BCUT2D eigenvalue weighted by Crippen LogP contribution is -2.26. The summed E-state index contributed by atoms with van der Waals surface area (Å²) in [6.07, 6.45) is -2.34. The Labute approximate surface area is 220 Å². The average molecular weight is 530 g/mol. The molecule has 0 bridgehead atoms. The number of fused-ring (bicyclic) bond motifs is 3. The van der Waals surface area contributed by atoms with Crippen molar-refractivity contribution in [2.24, 2.45) is 0 Å². The molecule has 196 valence electrons. The summed E-state index contributed by atoms with van der Waals surface area (Å²) >= 11 is 0. The standard InChI is InChI=1S/C29H22F3N5O2/c1-39-21-8-9-23-22(13-21)20(16-34-23)10-11-33-28(38)25-15-27-35-24(14-26(29(30,31)32)37(27)36-25)19-7-6-17-4-2-3-5-18(17)12-19/h2-9,12-16,34H,10-11H2,1H3,(H,33,38). The fourth-order valence-electron chi connectivity index (χ4n) is 4.68. The van der Waals surface area contributed by atoms with E-state index in [1.807, 2.05) is 54.7 Å². The predicted octanol–water partition coefficient (Wildman–Crippen LogP) is 6.03. The molecule has 0 aliphatic heterocycles. The van der Waals surface area contributed by atoms with Crippen LogP contribution in [-0.2, 0) is 12.6 Å². The molecule has 1 amide bonds. The molecule has 0 saturated heterocycles. The Hall–Kier alpha value is -4.86. The van der Waals surface area contributed by atoms with Gasteiger partial charge in [-0.3, -0.25) is 4.79 Å². The van der Waals surface area contributed by atoms with Gasteiger partial charge in [-0.05, 0) is 53.1 Å². The van der Waals surface area contributed by atoms with Crippen LogP contribution in [0, 0.1) is 0 Å². The van der Waals surface area contributed by atoms with Crippen molar-refractivity contribution in [2.75, 3.05) is 13.7 Å². The number of halogens is 3. The number of nitrogens with zero attached hydrogens (tertiary/aromatic N) is 3. The molecule has 3 aromatic heterocycles. The second-order valence-electron chi connectivity index (χ2n) is 9.12. The van der Waals surface area contributed by atoms with Crippen LogP contribution in [-0.4, -0.2) is 39.1 Å². The number of benzene rings is 3. The zero-order valence-corrected chi connectivity index (χ0v) is 20.7. The lowest BCUT2D eigenvalue weighted by Gasteiger charge is -2.11. The van der Waals surface area contributed by atoms with Gasteiger partial charge in [0.25, 0.3) is 5.91 Å². The number of aromatic nitrogens is 4. The minimum atomic E-state index is -4.71. The van der Waals surface area contributed by atoms with Gasteiger partial charge in [0.05, 0.1) is 12.8 Å². The summed E-state index contributed by atoms with van der Waals surface area (Å²) in [5.74, 6) is 0.131. The van der Waals surface area contributed by atoms with Gasteiger partial charge in [-0.2, -0.15) is 18.3 Å². The van der Waals surface area contributed by atoms with Crippen molar-refractivity contribution >= 4 is 33.2 Å². The molecular weight excluding hydrogens is 507 g/mol. The number of alkyl halides is 3. The Bertz CT molecular complexity index is 1860. The van der Waals surface area contributed by atoms with Crippen LogP contribution >= 0.6 is 0 Å². The van der Waals surface area contributed by atoms with Crippen LogP contribution in [0.5, 0.6) is 5.75 Å². The molecule has 0 saturated carbocycles. The highest BCUT2D eigenvalue weighted by atomic mass is 19.4. The van der Waals surface area contributed by atoms with Crippen LogP contribution in [0.4, 0.5) is 13.2 Å². The van der Waals surface area contributed by atoms with Gasteiger partial charge in [-0.15, -0.1) is 0 Å². The Morgan fingerprint density at radius 3 is 2.64 bits per heavy atom. The van der Waals surface area contributed by atoms with Gasteiger partial charge in [-0.25, -0.2) is 9.50 Å². The number of carbonyl (C=O) groups excluding carboxylic acids is 1. The van der Waals surface area contributed by atoms with Gasteiger partial charge in [0.1, 0.15) is 5.75 Å². The SMILES string of the molecule is COc1ccc2[nH]cc(CCNC(=O)c3cc4nc(-c5ccc6ccccc6c5)cc(C(F)(F)F)n4n3)c2c1. The lowest BCUT2D eigenvalue weighted by atomic mass is 10.0. The monoisotopic (exact) mass is 529 g/mol. The molecular formula is C29H22F3N5O2. The average Bonchev–Trinajstić information content (AvgIpc) is 3.55. The molecule has 6 aromatic rings. The molecule has 0 aliphatic carbocycles. The maximum atomic E-state index is 14.0. The van der Waals surface area contributed by atoms with Crippen LogP contribution in [0.25, 0.3) is 38.6 Å². The number of nitrogens with one attached hydrogen (secondary N) is 2. The first kappa shape index (κ1) is 24.5. The van der Waals surface area contributed by atoms with E-state index in [-0.39, 0.29) is 23.6 Å². The van der Waals surface area contributed by atoms with E-state index in [0.29, 0.717) is 22.2 Å². The highest BCUT2D eigenvalue weighted by molar-refractivity contribution is 5.93. The summed E-state index contributed by atoms with van der Waals surface area (Å²) in [5, 5.41) is 9.52. The summed E-state index contributed by atoms with van der Waals surface area (Å²) in [4.78, 5) is 20.4. The first-order chi connectivity index (χ1) is 18.8. The van der Waals surface area contributed by atoms with E-state index in [2.05, 4.69) is 20.4 Å². The highest BCUT2D eigenvalue weighted by Gasteiger charge is 2.35. The molecule has 0 radical (unpaired) electrons. The Morgan fingerprint density at radius 2 is 1.85 bits per heavy atom. The van der Waals surface area contributed by atoms with Crippen LogP contribution in [0.3, 0.4) is 0 Å². The van der Waals surface area contributed by atoms with Gasteiger partial charge in [-0.1, -0.05) is 36.4 Å². The summed E-state index contributed by atoms with van der Waals surface area (Å²) in [6, 6.07) is 20.8. The van der Waals surface area contributed by atoms with Crippen molar-refractivity contribution in [1.29, 1.82) is 0 Å². The number of carbonyl (C=O) groups is 1. The quantitative estimate of drug-likeness (QED) is 0.276. The van der Waals surface area contributed by atoms with Gasteiger partial charge in [0, 0.05) is 35.3 Å². The number of aromatic amines is 1. The molecule has 0 unspecified atom stereocenters. The van der Waals surface area contributed by atoms with Gasteiger partial charge in [0.15, 0.2) is 17.0 Å². The summed E-state index contributed by atoms with van der Waals surface area (Å²) < 4.78 is 48.0.